The number of unbranched alkanes of at least 4 members (excludes halogenated alkanes) is 4. The van der Waals surface area contributed by atoms with Gasteiger partial charge in [-0.25, -0.2) is 0 Å². The van der Waals surface area contributed by atoms with Gasteiger partial charge in [-0.2, -0.15) is 0 Å². The van der Waals surface area contributed by atoms with Crippen LogP contribution in [-0.4, -0.2) is 9.91 Å². The molecule has 0 saturated carbocycles. The minimum absolute atomic E-state index is 0.00311. The first-order valence-corrected chi connectivity index (χ1v) is 7.84. The van der Waals surface area contributed by atoms with Crippen LogP contribution in [0.3, 0.4) is 0 Å². The predicted molar refractivity (Wildman–Crippen MR) is 88.4 cm³/mol. The molecule has 2 aromatic rings. The summed E-state index contributed by atoms with van der Waals surface area (Å²) < 4.78 is 0. The molecule has 1 aromatic heterocycles. The van der Waals surface area contributed by atoms with Crippen LogP contribution in [0.5, 0.6) is 0 Å². The Morgan fingerprint density at radius 3 is 2.59 bits per heavy atom. The van der Waals surface area contributed by atoms with E-state index in [1.807, 2.05) is 6.92 Å². The summed E-state index contributed by atoms with van der Waals surface area (Å²) in [4.78, 5) is 26.1. The Labute approximate surface area is 129 Å². The van der Waals surface area contributed by atoms with E-state index in [4.69, 9.17) is 0 Å². The van der Waals surface area contributed by atoms with E-state index >= 15 is 0 Å². The number of pyridine rings is 1. The van der Waals surface area contributed by atoms with E-state index < -0.39 is 4.92 Å². The standard InChI is InChI=1S/C17H22N2O3/c1-3-4-5-6-7-8-14-12(2)18-16-11-13(19(21)22)9-10-15(16)17(14)20/h9-11H,3-8H2,1-2H3,(H,18,20). The zero-order chi connectivity index (χ0) is 16.1. The lowest BCUT2D eigenvalue weighted by Gasteiger charge is -2.08. The van der Waals surface area contributed by atoms with Gasteiger partial charge in [-0.1, -0.05) is 32.6 Å². The third kappa shape index (κ3) is 3.53. The zero-order valence-electron chi connectivity index (χ0n) is 13.1. The summed E-state index contributed by atoms with van der Waals surface area (Å²) in [5, 5.41) is 11.4. The number of fused-ring (bicyclic) bond motifs is 1. The summed E-state index contributed by atoms with van der Waals surface area (Å²) >= 11 is 0. The number of aryl methyl sites for hydroxylation is 1. The van der Waals surface area contributed by atoms with Gasteiger partial charge in [-0.05, 0) is 25.8 Å². The van der Waals surface area contributed by atoms with E-state index in [1.54, 1.807) is 6.07 Å². The molecule has 1 heterocycles. The highest BCUT2D eigenvalue weighted by atomic mass is 16.6. The van der Waals surface area contributed by atoms with Gasteiger partial charge >= 0.3 is 0 Å². The van der Waals surface area contributed by atoms with Crippen LogP contribution >= 0.6 is 0 Å². The molecule has 5 heteroatoms. The highest BCUT2D eigenvalue weighted by molar-refractivity contribution is 5.81. The summed E-state index contributed by atoms with van der Waals surface area (Å²) in [6.07, 6.45) is 6.53. The topological polar surface area (TPSA) is 76.0 Å². The third-order valence-electron chi connectivity index (χ3n) is 4.04. The number of H-pyrrole nitrogens is 1. The molecule has 0 aliphatic rings. The molecule has 0 unspecified atom stereocenters. The van der Waals surface area contributed by atoms with Crippen LogP contribution in [0.2, 0.25) is 0 Å². The van der Waals surface area contributed by atoms with Crippen molar-refractivity contribution < 1.29 is 4.92 Å². The van der Waals surface area contributed by atoms with Crippen molar-refractivity contribution in [2.75, 3.05) is 0 Å². The highest BCUT2D eigenvalue weighted by Crippen LogP contribution is 2.19. The van der Waals surface area contributed by atoms with Crippen molar-refractivity contribution >= 4 is 16.6 Å². The molecule has 0 spiro atoms. The number of hydrogen-bond donors (Lipinski definition) is 1. The van der Waals surface area contributed by atoms with Crippen molar-refractivity contribution in [1.29, 1.82) is 0 Å². The van der Waals surface area contributed by atoms with Gasteiger partial charge in [-0.3, -0.25) is 14.9 Å². The van der Waals surface area contributed by atoms with Crippen LogP contribution < -0.4 is 5.43 Å². The molecule has 0 aliphatic heterocycles. The maximum absolute atomic E-state index is 12.6. The molecule has 2 rings (SSSR count). The van der Waals surface area contributed by atoms with Crippen molar-refractivity contribution in [2.24, 2.45) is 0 Å². The van der Waals surface area contributed by atoms with Crippen LogP contribution in [0.4, 0.5) is 5.69 Å². The Hall–Kier alpha value is -2.17. The van der Waals surface area contributed by atoms with Gasteiger partial charge in [0.25, 0.3) is 5.69 Å². The van der Waals surface area contributed by atoms with Crippen LogP contribution in [0.1, 0.15) is 50.3 Å². The first-order chi connectivity index (χ1) is 10.5. The van der Waals surface area contributed by atoms with Gasteiger partial charge in [0, 0.05) is 28.8 Å². The number of nitro groups is 1. The molecule has 0 aliphatic carbocycles. The lowest BCUT2D eigenvalue weighted by atomic mass is 10.0. The number of nitro benzene ring substituents is 1. The third-order valence-corrected chi connectivity index (χ3v) is 4.04. The lowest BCUT2D eigenvalue weighted by molar-refractivity contribution is -0.384. The Bertz CT molecular complexity index is 734. The largest absolute Gasteiger partial charge is 0.358 e. The van der Waals surface area contributed by atoms with Crippen LogP contribution in [0.25, 0.3) is 10.9 Å². The van der Waals surface area contributed by atoms with E-state index in [9.17, 15) is 14.9 Å². The molecule has 5 nitrogen and oxygen atoms in total. The number of benzene rings is 1. The maximum atomic E-state index is 12.6. The second kappa shape index (κ2) is 7.20. The van der Waals surface area contributed by atoms with Crippen molar-refractivity contribution in [3.05, 3.63) is 49.8 Å². The number of nitrogens with one attached hydrogen (secondary N) is 1. The molecule has 0 fully saturated rings. The molecular formula is C17H22N2O3. The van der Waals surface area contributed by atoms with E-state index in [1.165, 1.54) is 31.4 Å². The second-order valence-corrected chi connectivity index (χ2v) is 5.71. The maximum Gasteiger partial charge on any atom is 0.271 e. The number of hydrogen-bond acceptors (Lipinski definition) is 3. The van der Waals surface area contributed by atoms with Crippen molar-refractivity contribution in [1.82, 2.24) is 4.98 Å². The molecule has 22 heavy (non-hydrogen) atoms. The first kappa shape index (κ1) is 16.2. The minimum Gasteiger partial charge on any atom is -0.358 e. The molecule has 0 radical (unpaired) electrons. The number of rotatable bonds is 7. The molecule has 0 saturated heterocycles. The highest BCUT2D eigenvalue weighted by Gasteiger charge is 2.12. The van der Waals surface area contributed by atoms with Gasteiger partial charge in [0.2, 0.25) is 0 Å². The van der Waals surface area contributed by atoms with Crippen molar-refractivity contribution in [3.63, 3.8) is 0 Å². The van der Waals surface area contributed by atoms with E-state index in [0.29, 0.717) is 10.9 Å². The summed E-state index contributed by atoms with van der Waals surface area (Å²) in [5.74, 6) is 0. The van der Waals surface area contributed by atoms with E-state index in [2.05, 4.69) is 11.9 Å². The summed E-state index contributed by atoms with van der Waals surface area (Å²) in [6.45, 7) is 4.04. The Morgan fingerprint density at radius 1 is 1.18 bits per heavy atom. The average Bonchev–Trinajstić information content (AvgIpc) is 2.49. The number of aromatic nitrogens is 1. The fourth-order valence-corrected chi connectivity index (χ4v) is 2.76. The average molecular weight is 302 g/mol. The van der Waals surface area contributed by atoms with Crippen LogP contribution in [0.15, 0.2) is 23.0 Å². The number of nitrogens with zero attached hydrogens (tertiary/aromatic N) is 1. The molecule has 0 bridgehead atoms. The first-order valence-electron chi connectivity index (χ1n) is 7.84. The summed E-state index contributed by atoms with van der Waals surface area (Å²) in [6, 6.07) is 4.36. The molecule has 0 amide bonds. The van der Waals surface area contributed by atoms with E-state index in [0.717, 1.165) is 30.5 Å². The molecule has 0 atom stereocenters. The Morgan fingerprint density at radius 2 is 1.91 bits per heavy atom. The van der Waals surface area contributed by atoms with Gasteiger partial charge in [-0.15, -0.1) is 0 Å². The molecule has 118 valence electrons. The molecule has 1 aromatic carbocycles. The SMILES string of the molecule is CCCCCCCc1c(C)[nH]c2cc([N+](=O)[O-])ccc2c1=O. The fourth-order valence-electron chi connectivity index (χ4n) is 2.76. The minimum atomic E-state index is -0.450. The fraction of sp³-hybridized carbons (Fsp3) is 0.471. The second-order valence-electron chi connectivity index (χ2n) is 5.71. The van der Waals surface area contributed by atoms with Crippen molar-refractivity contribution in [3.8, 4) is 0 Å². The normalized spacial score (nSPS) is 11.0. The Balaban J connectivity index is 2.27. The van der Waals surface area contributed by atoms with Gasteiger partial charge in [0.05, 0.1) is 10.4 Å². The smallest absolute Gasteiger partial charge is 0.271 e. The van der Waals surface area contributed by atoms with Crippen LogP contribution in [0, 0.1) is 17.0 Å². The Kier molecular flexibility index (Phi) is 5.31. The number of aromatic amines is 1. The summed E-state index contributed by atoms with van der Waals surface area (Å²) in [7, 11) is 0. The molecular weight excluding hydrogens is 280 g/mol. The van der Waals surface area contributed by atoms with Crippen molar-refractivity contribution in [2.45, 2.75) is 52.4 Å². The van der Waals surface area contributed by atoms with Gasteiger partial charge in [0.1, 0.15) is 0 Å². The zero-order valence-corrected chi connectivity index (χ0v) is 13.1. The summed E-state index contributed by atoms with van der Waals surface area (Å²) in [5.41, 5.74) is 2.14. The van der Waals surface area contributed by atoms with Gasteiger partial charge in [0.15, 0.2) is 5.43 Å². The monoisotopic (exact) mass is 302 g/mol. The molecule has 1 N–H and O–H groups in total. The van der Waals surface area contributed by atoms with Crippen LogP contribution in [-0.2, 0) is 6.42 Å². The predicted octanol–water partition coefficient (Wildman–Crippen LogP) is 4.26. The lowest BCUT2D eigenvalue weighted by Crippen LogP contribution is -2.13. The van der Waals surface area contributed by atoms with E-state index in [-0.39, 0.29) is 11.1 Å². The number of non-ortho nitro benzene ring substituents is 1. The van der Waals surface area contributed by atoms with Gasteiger partial charge < -0.3 is 4.98 Å². The quantitative estimate of drug-likeness (QED) is 0.471.